The van der Waals surface area contributed by atoms with Crippen LogP contribution in [0.1, 0.15) is 112 Å². The number of rotatable bonds is 15. The van der Waals surface area contributed by atoms with Gasteiger partial charge in [-0.25, -0.2) is 0 Å². The van der Waals surface area contributed by atoms with Crippen LogP contribution in [0.4, 0.5) is 11.4 Å². The van der Waals surface area contributed by atoms with Gasteiger partial charge in [-0.3, -0.25) is 14.4 Å². The highest BCUT2D eigenvalue weighted by atomic mass is 16.5. The second-order valence-corrected chi connectivity index (χ2v) is 16.6. The van der Waals surface area contributed by atoms with Crippen LogP contribution in [-0.4, -0.2) is 57.8 Å². The van der Waals surface area contributed by atoms with Gasteiger partial charge in [0.2, 0.25) is 6.41 Å². The zero-order chi connectivity index (χ0) is 34.4. The summed E-state index contributed by atoms with van der Waals surface area (Å²) in [5.41, 5.74) is 6.77. The van der Waals surface area contributed by atoms with Gasteiger partial charge in [-0.2, -0.15) is 0 Å². The van der Waals surface area contributed by atoms with E-state index >= 15 is 0 Å². The molecule has 3 saturated carbocycles. The minimum atomic E-state index is -0.409. The van der Waals surface area contributed by atoms with Crippen LogP contribution in [0.2, 0.25) is 0 Å². The molecule has 266 valence electrons. The van der Waals surface area contributed by atoms with Crippen molar-refractivity contribution < 1.29 is 9.53 Å². The Morgan fingerprint density at radius 3 is 2.30 bits per heavy atom. The van der Waals surface area contributed by atoms with E-state index < -0.39 is 10.9 Å². The standard InChI is InChI=1S/C38H63N3O3.CH3NO/c1-25(2)10-8-11-26(3)30-14-15-31-29-13-12-27-24-28(16-18-37(27,4)32(29)17-19-38(30,31)5)44-23-21-40-34-33(35(42)36(34)43)39-20-9-22-41(6)7;2-1-3/h12,25-26,28-32,39-40H,8-11,13-24H2,1-7H3;1H,(H2,2,3)/t26-,28?,29?,30?,31?,32?,37?,38?;/m1./s1. The largest absolute Gasteiger partial charge is 0.380 e. The van der Waals surface area contributed by atoms with Gasteiger partial charge in [0.05, 0.1) is 12.7 Å². The van der Waals surface area contributed by atoms with E-state index in [1.165, 1.54) is 57.8 Å². The molecule has 0 aliphatic heterocycles. The fourth-order valence-corrected chi connectivity index (χ4v) is 10.5. The molecule has 5 rings (SSSR count). The first-order valence-corrected chi connectivity index (χ1v) is 18.8. The van der Waals surface area contributed by atoms with Crippen molar-refractivity contribution >= 4 is 17.8 Å². The predicted octanol–water partition coefficient (Wildman–Crippen LogP) is 6.59. The maximum atomic E-state index is 12.2. The molecule has 8 atom stereocenters. The molecule has 0 aromatic heterocycles. The van der Waals surface area contributed by atoms with E-state index in [1.54, 1.807) is 5.57 Å². The van der Waals surface area contributed by atoms with Gasteiger partial charge in [0.1, 0.15) is 11.4 Å². The molecule has 47 heavy (non-hydrogen) atoms. The number of carbonyl (C=O) groups excluding carboxylic acids is 1. The van der Waals surface area contributed by atoms with Crippen LogP contribution in [0.5, 0.6) is 0 Å². The van der Waals surface area contributed by atoms with E-state index in [2.05, 4.69) is 62.0 Å². The van der Waals surface area contributed by atoms with E-state index in [-0.39, 0.29) is 12.5 Å². The molecule has 0 spiro atoms. The highest BCUT2D eigenvalue weighted by molar-refractivity contribution is 5.73. The first kappa shape index (κ1) is 37.6. The van der Waals surface area contributed by atoms with E-state index in [0.29, 0.717) is 41.9 Å². The fraction of sp³-hybridized carbons (Fsp3) is 0.821. The number of primary amides is 1. The third kappa shape index (κ3) is 8.34. The van der Waals surface area contributed by atoms with Gasteiger partial charge in [0, 0.05) is 13.1 Å². The zero-order valence-electron chi connectivity index (χ0n) is 30.7. The number of hydrogen-bond acceptors (Lipinski definition) is 7. The minimum absolute atomic E-state index is 0.250. The van der Waals surface area contributed by atoms with E-state index in [1.807, 2.05) is 14.1 Å². The number of carbonyl (C=O) groups is 1. The number of hydrogen-bond donors (Lipinski definition) is 3. The molecule has 3 fully saturated rings. The summed E-state index contributed by atoms with van der Waals surface area (Å²) in [7, 11) is 4.06. The first-order valence-electron chi connectivity index (χ1n) is 18.8. The topological polar surface area (TPSA) is 114 Å². The lowest BCUT2D eigenvalue weighted by atomic mass is 9.47. The second-order valence-electron chi connectivity index (χ2n) is 16.6. The van der Waals surface area contributed by atoms with Gasteiger partial charge in [0.15, 0.2) is 0 Å². The van der Waals surface area contributed by atoms with Crippen molar-refractivity contribution in [1.29, 1.82) is 0 Å². The molecule has 4 N–H and O–H groups in total. The molecular weight excluding hydrogens is 588 g/mol. The van der Waals surface area contributed by atoms with E-state index in [0.717, 1.165) is 61.3 Å². The third-order valence-corrected chi connectivity index (χ3v) is 13.0. The SMILES string of the molecule is CC(C)CCC[C@@H](C)C1CCC2C3CC=C4CC(OCCNc5c(NCCCN(C)C)c(=O)c5=O)CCC4(C)C3CCC21C.NC=O. The van der Waals surface area contributed by atoms with E-state index in [9.17, 15) is 9.59 Å². The lowest BCUT2D eigenvalue weighted by Gasteiger charge is -2.58. The number of amides is 1. The number of fused-ring (bicyclic) bond motifs is 5. The molecule has 0 heterocycles. The molecular formula is C39H66N4O4. The summed E-state index contributed by atoms with van der Waals surface area (Å²) < 4.78 is 6.38. The monoisotopic (exact) mass is 655 g/mol. The summed E-state index contributed by atoms with van der Waals surface area (Å²) in [4.78, 5) is 34.9. The Kier molecular flexibility index (Phi) is 13.2. The number of allylic oxidation sites excluding steroid dienone is 1. The van der Waals surface area contributed by atoms with Gasteiger partial charge in [-0.05, 0) is 125 Å². The molecule has 4 aliphatic rings. The highest BCUT2D eigenvalue weighted by Gasteiger charge is 2.59. The smallest absolute Gasteiger partial charge is 0.253 e. The summed E-state index contributed by atoms with van der Waals surface area (Å²) in [6.45, 7) is 15.3. The predicted molar refractivity (Wildman–Crippen MR) is 195 cm³/mol. The Hall–Kier alpha value is -2.19. The fourth-order valence-electron chi connectivity index (χ4n) is 10.5. The molecule has 0 radical (unpaired) electrons. The average Bonchev–Trinajstić information content (AvgIpc) is 3.38. The Labute approximate surface area is 284 Å². The van der Waals surface area contributed by atoms with Crippen LogP contribution in [-0.2, 0) is 9.53 Å². The first-order chi connectivity index (χ1) is 22.4. The summed E-state index contributed by atoms with van der Waals surface area (Å²) >= 11 is 0. The van der Waals surface area contributed by atoms with Crippen molar-refractivity contribution in [2.45, 2.75) is 118 Å². The number of nitrogens with two attached hydrogens (primary N) is 1. The third-order valence-electron chi connectivity index (χ3n) is 13.0. The normalized spacial score (nSPS) is 32.1. The van der Waals surface area contributed by atoms with Gasteiger partial charge < -0.3 is 26.0 Å². The van der Waals surface area contributed by atoms with Crippen LogP contribution in [0.15, 0.2) is 21.2 Å². The lowest BCUT2D eigenvalue weighted by molar-refractivity contribution is -0.106. The zero-order valence-corrected chi connectivity index (χ0v) is 30.7. The molecule has 1 aromatic rings. The van der Waals surface area contributed by atoms with Crippen LogP contribution < -0.4 is 27.2 Å². The summed E-state index contributed by atoms with van der Waals surface area (Å²) in [6, 6.07) is 0. The maximum Gasteiger partial charge on any atom is 0.253 e. The Bertz CT molecular complexity index is 1270. The van der Waals surface area contributed by atoms with Gasteiger partial charge in [0.25, 0.3) is 10.9 Å². The van der Waals surface area contributed by atoms with Gasteiger partial charge in [-0.1, -0.05) is 65.5 Å². The van der Waals surface area contributed by atoms with Crippen LogP contribution in [0.3, 0.4) is 0 Å². The minimum Gasteiger partial charge on any atom is -0.380 e. The van der Waals surface area contributed by atoms with Crippen molar-refractivity contribution in [2.24, 2.45) is 52.1 Å². The molecule has 0 saturated heterocycles. The average molecular weight is 655 g/mol. The second kappa shape index (κ2) is 16.5. The Balaban J connectivity index is 0.00000160. The molecule has 8 nitrogen and oxygen atoms in total. The molecule has 7 unspecified atom stereocenters. The van der Waals surface area contributed by atoms with Crippen molar-refractivity contribution in [3.05, 3.63) is 32.1 Å². The maximum absolute atomic E-state index is 12.2. The molecule has 1 aromatic carbocycles. The summed E-state index contributed by atoms with van der Waals surface area (Å²) in [5, 5.41) is 6.35. The number of anilines is 2. The number of ether oxygens (including phenoxy) is 1. The molecule has 4 aliphatic carbocycles. The van der Waals surface area contributed by atoms with Gasteiger partial charge in [-0.15, -0.1) is 0 Å². The summed E-state index contributed by atoms with van der Waals surface area (Å²) in [5.74, 6) is 5.19. The van der Waals surface area contributed by atoms with Crippen molar-refractivity contribution in [3.8, 4) is 0 Å². The van der Waals surface area contributed by atoms with Crippen molar-refractivity contribution in [1.82, 2.24) is 4.90 Å². The van der Waals surface area contributed by atoms with Gasteiger partial charge >= 0.3 is 0 Å². The van der Waals surface area contributed by atoms with Crippen molar-refractivity contribution in [3.63, 3.8) is 0 Å². The van der Waals surface area contributed by atoms with Crippen LogP contribution in [0, 0.1) is 46.3 Å². The Morgan fingerprint density at radius 1 is 0.957 bits per heavy atom. The van der Waals surface area contributed by atoms with Crippen LogP contribution in [0.25, 0.3) is 0 Å². The van der Waals surface area contributed by atoms with E-state index in [4.69, 9.17) is 9.53 Å². The molecule has 0 bridgehead atoms. The number of nitrogens with one attached hydrogen (secondary N) is 2. The molecule has 1 amide bonds. The quantitative estimate of drug-likeness (QED) is 0.0847. The Morgan fingerprint density at radius 2 is 1.64 bits per heavy atom. The number of nitrogens with zero attached hydrogens (tertiary/aromatic N) is 1. The summed E-state index contributed by atoms with van der Waals surface area (Å²) in [6.07, 6.45) is 18.7. The molecule has 8 heteroatoms. The van der Waals surface area contributed by atoms with Crippen LogP contribution >= 0.6 is 0 Å². The van der Waals surface area contributed by atoms with Crippen molar-refractivity contribution in [2.75, 3.05) is 51.0 Å². The highest BCUT2D eigenvalue weighted by Crippen LogP contribution is 2.67. The lowest BCUT2D eigenvalue weighted by Crippen LogP contribution is -2.51.